The van der Waals surface area contributed by atoms with E-state index in [1.54, 1.807) is 0 Å². The molecule has 2 bridgehead atoms. The van der Waals surface area contributed by atoms with Crippen LogP contribution in [-0.2, 0) is 6.42 Å². The van der Waals surface area contributed by atoms with Crippen molar-refractivity contribution in [2.75, 3.05) is 7.05 Å². The highest BCUT2D eigenvalue weighted by Crippen LogP contribution is 2.50. The molecule has 5 aromatic carbocycles. The van der Waals surface area contributed by atoms with Crippen LogP contribution in [0.4, 0.5) is 0 Å². The molecule has 3 heterocycles. The van der Waals surface area contributed by atoms with E-state index in [4.69, 9.17) is 0 Å². The van der Waals surface area contributed by atoms with E-state index in [0.29, 0.717) is 0 Å². The van der Waals surface area contributed by atoms with Gasteiger partial charge >= 0.3 is 0 Å². The van der Waals surface area contributed by atoms with Crippen LogP contribution in [0.1, 0.15) is 24.1 Å². The average Bonchev–Trinajstić information content (AvgIpc) is 3.44. The predicted molar refractivity (Wildman–Crippen MR) is 161 cm³/mol. The molecule has 1 nitrogen and oxygen atoms in total. The van der Waals surface area contributed by atoms with Crippen LogP contribution < -0.4 is 0 Å². The van der Waals surface area contributed by atoms with Crippen molar-refractivity contribution in [2.24, 2.45) is 0 Å². The number of rotatable bonds is 0. The summed E-state index contributed by atoms with van der Waals surface area (Å²) < 4.78 is 2.74. The predicted octanol–water partition coefficient (Wildman–Crippen LogP) is 9.44. The van der Waals surface area contributed by atoms with Crippen LogP contribution in [0.15, 0.2) is 109 Å². The molecule has 0 amide bonds. The Balaban J connectivity index is 1.62. The highest BCUT2D eigenvalue weighted by molar-refractivity contribution is 7.25. The van der Waals surface area contributed by atoms with E-state index in [1.165, 1.54) is 64.0 Å². The fourth-order valence-electron chi connectivity index (χ4n) is 6.81. The summed E-state index contributed by atoms with van der Waals surface area (Å²) >= 11 is 1.91. The third-order valence-corrected chi connectivity index (χ3v) is 9.90. The number of hydrogen-bond acceptors (Lipinski definition) is 2. The van der Waals surface area contributed by atoms with Gasteiger partial charge in [0.1, 0.15) is 0 Å². The van der Waals surface area contributed by atoms with E-state index in [9.17, 15) is 0 Å². The van der Waals surface area contributed by atoms with Gasteiger partial charge in [0.05, 0.1) is 11.6 Å². The Morgan fingerprint density at radius 2 is 1.41 bits per heavy atom. The van der Waals surface area contributed by atoms with E-state index >= 15 is 0 Å². The van der Waals surface area contributed by atoms with Gasteiger partial charge in [-0.05, 0) is 76.3 Å². The minimum Gasteiger partial charge on any atom is -0.284 e. The molecule has 0 N–H and O–H groups in total. The van der Waals surface area contributed by atoms with Gasteiger partial charge in [-0.15, -0.1) is 11.3 Å². The van der Waals surface area contributed by atoms with Gasteiger partial charge in [-0.2, -0.15) is 0 Å². The summed E-state index contributed by atoms with van der Waals surface area (Å²) in [6.07, 6.45) is 10.5. The van der Waals surface area contributed by atoms with Gasteiger partial charge in [0.15, 0.2) is 0 Å². The first-order valence-corrected chi connectivity index (χ1v) is 13.9. The van der Waals surface area contributed by atoms with Crippen LogP contribution in [0.2, 0.25) is 0 Å². The number of allylic oxidation sites excluding steroid dienone is 1. The first-order chi connectivity index (χ1) is 18.1. The molecule has 1 aromatic heterocycles. The molecular formula is C35H27NS. The molecule has 2 unspecified atom stereocenters. The SMILES string of the molecule is CN1C2C=CC1(C)/C=C\Cc1c(ccc3sc4ccccc4c13)-c1c2c2ccccc2c2ccccc12. The lowest BCUT2D eigenvalue weighted by molar-refractivity contribution is 0.217. The van der Waals surface area contributed by atoms with Crippen LogP contribution in [-0.4, -0.2) is 17.5 Å². The number of nitrogens with zero attached hydrogens (tertiary/aromatic N) is 1. The average molecular weight is 494 g/mol. The van der Waals surface area contributed by atoms with Gasteiger partial charge in [-0.1, -0.05) is 97.1 Å². The maximum Gasteiger partial charge on any atom is 0.0553 e. The smallest absolute Gasteiger partial charge is 0.0553 e. The number of likely N-dealkylation sites (N-methyl/N-ethyl adjacent to an activating group) is 1. The number of benzene rings is 5. The van der Waals surface area contributed by atoms with Crippen LogP contribution in [0.5, 0.6) is 0 Å². The normalized spacial score (nSPS) is 22.1. The Morgan fingerprint density at radius 3 is 2.22 bits per heavy atom. The third-order valence-electron chi connectivity index (χ3n) is 8.76. The minimum absolute atomic E-state index is 0.114. The topological polar surface area (TPSA) is 3.24 Å². The second kappa shape index (κ2) is 7.64. The highest BCUT2D eigenvalue weighted by Gasteiger charge is 2.37. The molecule has 0 spiro atoms. The zero-order valence-corrected chi connectivity index (χ0v) is 21.8. The molecule has 0 fully saturated rings. The maximum absolute atomic E-state index is 2.53. The second-order valence-corrected chi connectivity index (χ2v) is 11.8. The van der Waals surface area contributed by atoms with E-state index in [1.807, 2.05) is 11.3 Å². The summed E-state index contributed by atoms with van der Waals surface area (Å²) in [6.45, 7) is 2.34. The van der Waals surface area contributed by atoms with Gasteiger partial charge < -0.3 is 0 Å². The molecule has 178 valence electrons. The molecule has 0 saturated carbocycles. The van der Waals surface area contributed by atoms with Crippen molar-refractivity contribution in [3.8, 4) is 11.1 Å². The third kappa shape index (κ3) is 2.89. The zero-order chi connectivity index (χ0) is 24.7. The lowest BCUT2D eigenvalue weighted by Gasteiger charge is -2.36. The largest absolute Gasteiger partial charge is 0.284 e. The van der Waals surface area contributed by atoms with Crippen molar-refractivity contribution in [1.82, 2.24) is 4.90 Å². The quantitative estimate of drug-likeness (QED) is 0.150. The van der Waals surface area contributed by atoms with Crippen molar-refractivity contribution in [2.45, 2.75) is 24.9 Å². The number of thiophene rings is 1. The summed E-state index contributed by atoms with van der Waals surface area (Å²) in [6, 6.07) is 31.9. The summed E-state index contributed by atoms with van der Waals surface area (Å²) in [5.41, 5.74) is 5.52. The molecule has 0 aliphatic carbocycles. The van der Waals surface area contributed by atoms with Crippen molar-refractivity contribution >= 4 is 53.1 Å². The standard InChI is InChI=1S/C35H27NS/c1-35-20-9-15-26-27(17-18-31-32(26)28-14-7-8-16-30(28)37-31)33-24-12-5-3-10-22(24)23-11-4-6-13-25(23)34(33)29(19-21-35)36(35)2/h3-14,16-21,29H,15H2,1-2H3/b20-9-. The summed E-state index contributed by atoms with van der Waals surface area (Å²) in [5.74, 6) is 0. The summed E-state index contributed by atoms with van der Waals surface area (Å²) in [5, 5.41) is 8.16. The minimum atomic E-state index is -0.114. The maximum atomic E-state index is 2.53. The van der Waals surface area contributed by atoms with Crippen molar-refractivity contribution in [1.29, 1.82) is 0 Å². The van der Waals surface area contributed by atoms with Crippen LogP contribution in [0.25, 0.3) is 52.8 Å². The second-order valence-electron chi connectivity index (χ2n) is 10.7. The molecular weight excluding hydrogens is 466 g/mol. The summed E-state index contributed by atoms with van der Waals surface area (Å²) in [4.78, 5) is 2.53. The molecule has 2 aliphatic rings. The number of fused-ring (bicyclic) bond motifs is 15. The Hall–Kier alpha value is -3.72. The Kier molecular flexibility index (Phi) is 4.42. The van der Waals surface area contributed by atoms with Crippen LogP contribution >= 0.6 is 11.3 Å². The fraction of sp³-hybridized carbons (Fsp3) is 0.143. The molecule has 6 aromatic rings. The van der Waals surface area contributed by atoms with Gasteiger partial charge in [-0.3, -0.25) is 4.90 Å². The fourth-order valence-corrected chi connectivity index (χ4v) is 7.95. The summed E-state index contributed by atoms with van der Waals surface area (Å²) in [7, 11) is 2.28. The number of hydrogen-bond donors (Lipinski definition) is 0. The molecule has 2 atom stereocenters. The molecule has 2 heteroatoms. The first-order valence-electron chi connectivity index (χ1n) is 13.1. The van der Waals surface area contributed by atoms with Crippen molar-refractivity contribution in [3.63, 3.8) is 0 Å². The molecule has 37 heavy (non-hydrogen) atoms. The van der Waals surface area contributed by atoms with E-state index in [-0.39, 0.29) is 11.6 Å². The highest BCUT2D eigenvalue weighted by atomic mass is 32.1. The van der Waals surface area contributed by atoms with Crippen molar-refractivity contribution in [3.05, 3.63) is 120 Å². The van der Waals surface area contributed by atoms with Gasteiger partial charge in [0.2, 0.25) is 0 Å². The Labute approximate surface area is 221 Å². The molecule has 0 saturated heterocycles. The van der Waals surface area contributed by atoms with Gasteiger partial charge in [-0.25, -0.2) is 0 Å². The lowest BCUT2D eigenvalue weighted by Crippen LogP contribution is -2.38. The van der Waals surface area contributed by atoms with E-state index in [0.717, 1.165) is 6.42 Å². The Morgan fingerprint density at radius 1 is 0.730 bits per heavy atom. The zero-order valence-electron chi connectivity index (χ0n) is 21.0. The van der Waals surface area contributed by atoms with E-state index in [2.05, 4.69) is 128 Å². The van der Waals surface area contributed by atoms with E-state index < -0.39 is 0 Å². The van der Waals surface area contributed by atoms with Gasteiger partial charge in [0, 0.05) is 20.2 Å². The van der Waals surface area contributed by atoms with Gasteiger partial charge in [0.25, 0.3) is 0 Å². The van der Waals surface area contributed by atoms with Crippen LogP contribution in [0.3, 0.4) is 0 Å². The first kappa shape index (κ1) is 21.4. The lowest BCUT2D eigenvalue weighted by atomic mass is 9.81. The molecule has 8 rings (SSSR count). The van der Waals surface area contributed by atoms with Crippen molar-refractivity contribution < 1.29 is 0 Å². The van der Waals surface area contributed by atoms with Crippen LogP contribution in [0, 0.1) is 0 Å². The Bertz CT molecular complexity index is 1960. The molecule has 0 radical (unpaired) electrons. The monoisotopic (exact) mass is 493 g/mol. The molecule has 2 aliphatic heterocycles.